The number of aromatic amines is 1. The number of methoxy groups -OCH3 is 1. The van der Waals surface area contributed by atoms with Crippen molar-refractivity contribution in [1.29, 1.82) is 0 Å². The SMILES string of the molecule is COC(=O)[C@@H](Cc1c[nH]c2ccccc12)NC(=O)/C=C\c1ccc(Br)o1. The van der Waals surface area contributed by atoms with E-state index in [0.29, 0.717) is 16.9 Å². The number of halogens is 1. The minimum Gasteiger partial charge on any atom is -0.467 e. The van der Waals surface area contributed by atoms with E-state index in [4.69, 9.17) is 9.15 Å². The van der Waals surface area contributed by atoms with Crippen LogP contribution in [-0.2, 0) is 20.7 Å². The summed E-state index contributed by atoms with van der Waals surface area (Å²) in [6, 6.07) is 10.4. The summed E-state index contributed by atoms with van der Waals surface area (Å²) in [5, 5.41) is 3.69. The molecule has 1 amide bonds. The molecule has 0 aliphatic heterocycles. The van der Waals surface area contributed by atoms with E-state index in [1.165, 1.54) is 19.3 Å². The largest absolute Gasteiger partial charge is 0.467 e. The maximum Gasteiger partial charge on any atom is 0.328 e. The fourth-order valence-corrected chi connectivity index (χ4v) is 2.97. The molecule has 0 bridgehead atoms. The van der Waals surface area contributed by atoms with E-state index in [-0.39, 0.29) is 0 Å². The van der Waals surface area contributed by atoms with E-state index in [0.717, 1.165) is 16.5 Å². The summed E-state index contributed by atoms with van der Waals surface area (Å²) in [4.78, 5) is 27.4. The highest BCUT2D eigenvalue weighted by molar-refractivity contribution is 9.10. The van der Waals surface area contributed by atoms with Crippen molar-refractivity contribution in [2.75, 3.05) is 7.11 Å². The highest BCUT2D eigenvalue weighted by Crippen LogP contribution is 2.19. The first-order chi connectivity index (χ1) is 12.6. The minimum atomic E-state index is -0.792. The summed E-state index contributed by atoms with van der Waals surface area (Å²) in [5.74, 6) is -0.385. The van der Waals surface area contributed by atoms with Crippen molar-refractivity contribution in [1.82, 2.24) is 10.3 Å². The first-order valence-corrected chi connectivity index (χ1v) is 8.73. The molecule has 26 heavy (non-hydrogen) atoms. The number of rotatable bonds is 6. The molecule has 2 aromatic heterocycles. The Labute approximate surface area is 158 Å². The molecule has 0 saturated carbocycles. The van der Waals surface area contributed by atoms with Crippen LogP contribution in [0.5, 0.6) is 0 Å². The summed E-state index contributed by atoms with van der Waals surface area (Å²) < 4.78 is 10.7. The number of nitrogens with one attached hydrogen (secondary N) is 2. The standard InChI is InChI=1S/C19H17BrN2O4/c1-25-19(24)16(10-12-11-21-15-5-3-2-4-14(12)15)22-18(23)9-7-13-6-8-17(20)26-13/h2-9,11,16,21H,10H2,1H3,(H,22,23)/b9-7-/t16-/m1/s1. The number of esters is 1. The molecule has 0 radical (unpaired) electrons. The van der Waals surface area contributed by atoms with Gasteiger partial charge < -0.3 is 19.5 Å². The zero-order chi connectivity index (χ0) is 18.5. The Balaban J connectivity index is 1.72. The summed E-state index contributed by atoms with van der Waals surface area (Å²) in [6.45, 7) is 0. The number of furan rings is 1. The Kier molecular flexibility index (Phi) is 5.58. The predicted octanol–water partition coefficient (Wildman–Crippen LogP) is 3.44. The normalized spacial score (nSPS) is 12.4. The molecule has 2 N–H and O–H groups in total. The van der Waals surface area contributed by atoms with Gasteiger partial charge in [0.1, 0.15) is 11.8 Å². The number of hydrogen-bond acceptors (Lipinski definition) is 4. The van der Waals surface area contributed by atoms with Crippen LogP contribution in [0.3, 0.4) is 0 Å². The molecule has 0 unspecified atom stereocenters. The van der Waals surface area contributed by atoms with Crippen LogP contribution < -0.4 is 5.32 Å². The Bertz CT molecular complexity index is 957. The molecule has 1 aromatic carbocycles. The van der Waals surface area contributed by atoms with Gasteiger partial charge in [0.15, 0.2) is 4.67 Å². The number of carbonyl (C=O) groups excluding carboxylic acids is 2. The number of ether oxygens (including phenoxy) is 1. The summed E-state index contributed by atoms with van der Waals surface area (Å²) in [7, 11) is 1.30. The average molecular weight is 417 g/mol. The van der Waals surface area contributed by atoms with Crippen LogP contribution in [0.2, 0.25) is 0 Å². The average Bonchev–Trinajstić information content (AvgIpc) is 3.25. The monoisotopic (exact) mass is 416 g/mol. The zero-order valence-corrected chi connectivity index (χ0v) is 15.6. The van der Waals surface area contributed by atoms with Crippen molar-refractivity contribution in [3.63, 3.8) is 0 Å². The first kappa shape index (κ1) is 18.0. The Morgan fingerprint density at radius 1 is 1.31 bits per heavy atom. The Morgan fingerprint density at radius 3 is 2.85 bits per heavy atom. The number of hydrogen-bond donors (Lipinski definition) is 2. The molecule has 3 aromatic rings. The lowest BCUT2D eigenvalue weighted by molar-refractivity contribution is -0.144. The highest BCUT2D eigenvalue weighted by atomic mass is 79.9. The van der Waals surface area contributed by atoms with Gasteiger partial charge in [-0.15, -0.1) is 0 Å². The van der Waals surface area contributed by atoms with Crippen LogP contribution in [0.1, 0.15) is 11.3 Å². The Morgan fingerprint density at radius 2 is 2.12 bits per heavy atom. The van der Waals surface area contributed by atoms with Gasteiger partial charge in [-0.2, -0.15) is 0 Å². The molecule has 0 aliphatic rings. The van der Waals surface area contributed by atoms with Gasteiger partial charge in [-0.3, -0.25) is 4.79 Å². The van der Waals surface area contributed by atoms with Crippen molar-refractivity contribution >= 4 is 44.8 Å². The fourth-order valence-electron chi connectivity index (χ4n) is 2.65. The van der Waals surface area contributed by atoms with Gasteiger partial charge in [0.25, 0.3) is 0 Å². The maximum atomic E-state index is 12.2. The smallest absolute Gasteiger partial charge is 0.328 e. The number of amides is 1. The summed E-state index contributed by atoms with van der Waals surface area (Å²) >= 11 is 3.20. The molecule has 6 nitrogen and oxygen atoms in total. The lowest BCUT2D eigenvalue weighted by Crippen LogP contribution is -2.42. The number of benzene rings is 1. The molecule has 134 valence electrons. The molecule has 2 heterocycles. The second-order valence-corrected chi connectivity index (χ2v) is 6.40. The molecule has 0 spiro atoms. The van der Waals surface area contributed by atoms with Gasteiger partial charge in [-0.25, -0.2) is 4.79 Å². The first-order valence-electron chi connectivity index (χ1n) is 7.93. The van der Waals surface area contributed by atoms with E-state index in [1.807, 2.05) is 30.5 Å². The third-order valence-corrected chi connectivity index (χ3v) is 4.32. The van der Waals surface area contributed by atoms with Gasteiger partial charge in [0.05, 0.1) is 7.11 Å². The lowest BCUT2D eigenvalue weighted by atomic mass is 10.0. The van der Waals surface area contributed by atoms with E-state index in [9.17, 15) is 9.59 Å². The van der Waals surface area contributed by atoms with E-state index in [1.54, 1.807) is 12.1 Å². The molecule has 3 rings (SSSR count). The third kappa shape index (κ3) is 4.23. The van der Waals surface area contributed by atoms with Crippen molar-refractivity contribution in [3.05, 3.63) is 64.7 Å². The lowest BCUT2D eigenvalue weighted by Gasteiger charge is -2.15. The molecule has 1 atom stereocenters. The number of para-hydroxylation sites is 1. The van der Waals surface area contributed by atoms with Crippen molar-refractivity contribution < 1.29 is 18.7 Å². The molecular weight excluding hydrogens is 400 g/mol. The minimum absolute atomic E-state index is 0.322. The van der Waals surface area contributed by atoms with Gasteiger partial charge in [0.2, 0.25) is 5.91 Å². The Hall–Kier alpha value is -2.80. The second-order valence-electron chi connectivity index (χ2n) is 5.62. The van der Waals surface area contributed by atoms with Crippen LogP contribution in [0.15, 0.2) is 57.8 Å². The quantitative estimate of drug-likeness (QED) is 0.476. The van der Waals surface area contributed by atoms with Gasteiger partial charge in [-0.05, 0) is 45.8 Å². The van der Waals surface area contributed by atoms with Crippen LogP contribution in [-0.4, -0.2) is 30.0 Å². The molecule has 0 aliphatic carbocycles. The number of H-pyrrole nitrogens is 1. The van der Waals surface area contributed by atoms with Gasteiger partial charge in [0, 0.05) is 29.6 Å². The van der Waals surface area contributed by atoms with E-state index < -0.39 is 17.9 Å². The molecular formula is C19H17BrN2O4. The number of fused-ring (bicyclic) bond motifs is 1. The number of carbonyl (C=O) groups is 2. The predicted molar refractivity (Wildman–Crippen MR) is 101 cm³/mol. The van der Waals surface area contributed by atoms with Crippen molar-refractivity contribution in [3.8, 4) is 0 Å². The van der Waals surface area contributed by atoms with Crippen molar-refractivity contribution in [2.24, 2.45) is 0 Å². The van der Waals surface area contributed by atoms with Crippen LogP contribution in [0.4, 0.5) is 0 Å². The number of aromatic nitrogens is 1. The van der Waals surface area contributed by atoms with E-state index >= 15 is 0 Å². The van der Waals surface area contributed by atoms with Crippen LogP contribution >= 0.6 is 15.9 Å². The highest BCUT2D eigenvalue weighted by Gasteiger charge is 2.22. The maximum absolute atomic E-state index is 12.2. The van der Waals surface area contributed by atoms with Crippen molar-refractivity contribution in [2.45, 2.75) is 12.5 Å². The molecule has 7 heteroatoms. The van der Waals surface area contributed by atoms with Crippen LogP contribution in [0.25, 0.3) is 17.0 Å². The molecule has 0 fully saturated rings. The van der Waals surface area contributed by atoms with E-state index in [2.05, 4.69) is 26.2 Å². The zero-order valence-electron chi connectivity index (χ0n) is 14.0. The second kappa shape index (κ2) is 8.05. The summed E-state index contributed by atoms with van der Waals surface area (Å²) in [5.41, 5.74) is 1.90. The summed E-state index contributed by atoms with van der Waals surface area (Å²) in [6.07, 6.45) is 5.00. The van der Waals surface area contributed by atoms with Gasteiger partial charge in [-0.1, -0.05) is 18.2 Å². The molecule has 0 saturated heterocycles. The fraction of sp³-hybridized carbons (Fsp3) is 0.158. The topological polar surface area (TPSA) is 84.3 Å². The third-order valence-electron chi connectivity index (χ3n) is 3.89. The van der Waals surface area contributed by atoms with Gasteiger partial charge >= 0.3 is 5.97 Å². The van der Waals surface area contributed by atoms with Crippen LogP contribution in [0, 0.1) is 0 Å².